The van der Waals surface area contributed by atoms with E-state index in [0.717, 1.165) is 12.8 Å². The number of carbonyl (C=O) groups excluding carboxylic acids is 1. The van der Waals surface area contributed by atoms with E-state index >= 15 is 0 Å². The summed E-state index contributed by atoms with van der Waals surface area (Å²) in [4.78, 5) is 11.6. The van der Waals surface area contributed by atoms with Crippen LogP contribution in [0.1, 0.15) is 57.8 Å². The summed E-state index contributed by atoms with van der Waals surface area (Å²) in [6.45, 7) is 0.387. The van der Waals surface area contributed by atoms with Crippen molar-refractivity contribution in [2.24, 2.45) is 17.3 Å². The van der Waals surface area contributed by atoms with Crippen LogP contribution in [0.25, 0.3) is 0 Å². The molecule has 0 aromatic heterocycles. The molecule has 2 fully saturated rings. The molecule has 0 amide bonds. The van der Waals surface area contributed by atoms with Crippen molar-refractivity contribution in [3.05, 3.63) is 22.8 Å². The van der Waals surface area contributed by atoms with Gasteiger partial charge < -0.3 is 5.11 Å². The highest BCUT2D eigenvalue weighted by molar-refractivity contribution is 5.93. The molecule has 2 nitrogen and oxygen atoms in total. The van der Waals surface area contributed by atoms with Crippen LogP contribution in [0.5, 0.6) is 0 Å². The van der Waals surface area contributed by atoms with Crippen LogP contribution in [-0.2, 0) is 4.79 Å². The van der Waals surface area contributed by atoms with Gasteiger partial charge in [0.1, 0.15) is 0 Å². The molecule has 0 saturated heterocycles. The highest BCUT2D eigenvalue weighted by atomic mass is 16.3. The van der Waals surface area contributed by atoms with Crippen LogP contribution < -0.4 is 0 Å². The van der Waals surface area contributed by atoms with E-state index in [2.05, 4.69) is 0 Å². The third kappa shape index (κ3) is 1.70. The molecule has 0 aromatic carbocycles. The van der Waals surface area contributed by atoms with Crippen molar-refractivity contribution in [1.29, 1.82) is 0 Å². The average molecular weight is 272 g/mol. The lowest BCUT2D eigenvalue weighted by atomic mass is 9.57. The summed E-state index contributed by atoms with van der Waals surface area (Å²) in [5, 5.41) is 9.94. The summed E-state index contributed by atoms with van der Waals surface area (Å²) in [5.41, 5.74) is 4.80. The fourth-order valence-corrected chi connectivity index (χ4v) is 5.60. The molecule has 4 aliphatic rings. The van der Waals surface area contributed by atoms with Crippen LogP contribution in [0, 0.1) is 17.3 Å². The molecule has 0 aliphatic heterocycles. The summed E-state index contributed by atoms with van der Waals surface area (Å²) in [5.74, 6) is 1.74. The molecule has 0 bridgehead atoms. The zero-order valence-corrected chi connectivity index (χ0v) is 12.2. The van der Waals surface area contributed by atoms with Gasteiger partial charge in [-0.25, -0.2) is 0 Å². The molecular formula is C18H24O2. The highest BCUT2D eigenvalue weighted by Gasteiger charge is 2.50. The number of fused-ring (bicyclic) bond motifs is 4. The summed E-state index contributed by atoms with van der Waals surface area (Å²) in [7, 11) is 0. The van der Waals surface area contributed by atoms with Gasteiger partial charge in [0, 0.05) is 13.0 Å². The van der Waals surface area contributed by atoms with Crippen LogP contribution in [-0.4, -0.2) is 17.5 Å². The van der Waals surface area contributed by atoms with E-state index in [-0.39, 0.29) is 5.41 Å². The lowest BCUT2D eigenvalue weighted by molar-refractivity contribution is -0.114. The van der Waals surface area contributed by atoms with Crippen molar-refractivity contribution < 1.29 is 9.90 Å². The van der Waals surface area contributed by atoms with Gasteiger partial charge in [-0.05, 0) is 79.4 Å². The quantitative estimate of drug-likeness (QED) is 0.792. The second-order valence-corrected chi connectivity index (χ2v) is 7.30. The predicted octanol–water partition coefficient (Wildman–Crippen LogP) is 3.55. The number of rotatable bonds is 1. The van der Waals surface area contributed by atoms with E-state index < -0.39 is 0 Å². The minimum absolute atomic E-state index is 0.237. The van der Waals surface area contributed by atoms with E-state index in [4.69, 9.17) is 0 Å². The number of allylic oxidation sites excluding steroid dienone is 4. The van der Waals surface area contributed by atoms with Gasteiger partial charge in [0.15, 0.2) is 5.78 Å². The van der Waals surface area contributed by atoms with Crippen LogP contribution in [0.2, 0.25) is 0 Å². The Kier molecular flexibility index (Phi) is 2.92. The largest absolute Gasteiger partial charge is 0.396 e. The lowest BCUT2D eigenvalue weighted by Crippen LogP contribution is -2.41. The Hall–Kier alpha value is -0.890. The molecule has 4 aliphatic carbocycles. The Morgan fingerprint density at radius 2 is 2.05 bits per heavy atom. The maximum absolute atomic E-state index is 11.6. The van der Waals surface area contributed by atoms with Gasteiger partial charge in [-0.15, -0.1) is 0 Å². The predicted molar refractivity (Wildman–Crippen MR) is 78.2 cm³/mol. The maximum atomic E-state index is 11.6. The summed E-state index contributed by atoms with van der Waals surface area (Å²) < 4.78 is 0. The van der Waals surface area contributed by atoms with Gasteiger partial charge in [0.2, 0.25) is 0 Å². The van der Waals surface area contributed by atoms with Crippen molar-refractivity contribution in [1.82, 2.24) is 0 Å². The average Bonchev–Trinajstić information content (AvgIpc) is 2.91. The van der Waals surface area contributed by atoms with E-state index in [1.165, 1.54) is 44.1 Å². The van der Waals surface area contributed by atoms with Gasteiger partial charge in [0.25, 0.3) is 0 Å². The molecule has 108 valence electrons. The molecule has 0 spiro atoms. The van der Waals surface area contributed by atoms with Gasteiger partial charge in [-0.3, -0.25) is 4.79 Å². The number of carbonyl (C=O) groups is 1. The molecule has 4 rings (SSSR count). The minimum Gasteiger partial charge on any atom is -0.396 e. The normalized spacial score (nSPS) is 40.0. The van der Waals surface area contributed by atoms with Crippen LogP contribution in [0.3, 0.4) is 0 Å². The van der Waals surface area contributed by atoms with Gasteiger partial charge in [0.05, 0.1) is 0 Å². The molecular weight excluding hydrogens is 248 g/mol. The first kappa shape index (κ1) is 12.8. The van der Waals surface area contributed by atoms with Crippen molar-refractivity contribution in [3.63, 3.8) is 0 Å². The van der Waals surface area contributed by atoms with Crippen LogP contribution in [0.4, 0.5) is 0 Å². The SMILES string of the molecule is O=C1C=C2CC[C@@H]3C(=C2CC1)CC[C@]1(CO)CCC[C@@H]31. The van der Waals surface area contributed by atoms with Crippen molar-refractivity contribution in [2.75, 3.05) is 6.61 Å². The standard InChI is InChI=1S/C18H24O2/c19-11-18-8-1-2-17(18)16-5-3-12-10-13(20)4-6-14(12)15(16)7-9-18/h10,16-17,19H,1-9,11H2/t16-,17+,18+/m1/s1. The number of ketones is 1. The van der Waals surface area contributed by atoms with Gasteiger partial charge in [-0.1, -0.05) is 12.0 Å². The summed E-state index contributed by atoms with van der Waals surface area (Å²) in [6, 6.07) is 0. The van der Waals surface area contributed by atoms with E-state index in [9.17, 15) is 9.90 Å². The van der Waals surface area contributed by atoms with Crippen molar-refractivity contribution in [3.8, 4) is 0 Å². The monoisotopic (exact) mass is 272 g/mol. The molecule has 0 unspecified atom stereocenters. The van der Waals surface area contributed by atoms with Crippen LogP contribution >= 0.6 is 0 Å². The summed E-state index contributed by atoms with van der Waals surface area (Å²) in [6.07, 6.45) is 12.1. The Morgan fingerprint density at radius 1 is 1.15 bits per heavy atom. The minimum atomic E-state index is 0.237. The molecule has 2 heteroatoms. The molecule has 20 heavy (non-hydrogen) atoms. The number of hydrogen-bond acceptors (Lipinski definition) is 2. The zero-order chi connectivity index (χ0) is 13.7. The molecule has 1 N–H and O–H groups in total. The van der Waals surface area contributed by atoms with Gasteiger partial charge in [-0.2, -0.15) is 0 Å². The number of aliphatic hydroxyl groups is 1. The topological polar surface area (TPSA) is 37.3 Å². The third-order valence-corrected chi connectivity index (χ3v) is 6.57. The first-order valence-electron chi connectivity index (χ1n) is 8.30. The second-order valence-electron chi connectivity index (χ2n) is 7.30. The van der Waals surface area contributed by atoms with Crippen LogP contribution in [0.15, 0.2) is 22.8 Å². The molecule has 2 saturated carbocycles. The lowest BCUT2D eigenvalue weighted by Gasteiger charge is -2.48. The second kappa shape index (κ2) is 4.56. The Labute approximate surface area is 120 Å². The fourth-order valence-electron chi connectivity index (χ4n) is 5.60. The van der Waals surface area contributed by atoms with Crippen molar-refractivity contribution >= 4 is 5.78 Å². The first-order chi connectivity index (χ1) is 9.73. The first-order valence-corrected chi connectivity index (χ1v) is 8.30. The smallest absolute Gasteiger partial charge is 0.156 e. The summed E-state index contributed by atoms with van der Waals surface area (Å²) >= 11 is 0. The third-order valence-electron chi connectivity index (χ3n) is 6.57. The van der Waals surface area contributed by atoms with E-state index in [0.29, 0.717) is 30.6 Å². The number of hydrogen-bond donors (Lipinski definition) is 1. The molecule has 0 heterocycles. The number of aliphatic hydroxyl groups excluding tert-OH is 1. The fraction of sp³-hybridized carbons (Fsp3) is 0.722. The van der Waals surface area contributed by atoms with E-state index in [1.54, 1.807) is 11.1 Å². The molecule has 3 atom stereocenters. The Bertz CT molecular complexity index is 514. The zero-order valence-electron chi connectivity index (χ0n) is 12.2. The molecule has 0 radical (unpaired) electrons. The maximum Gasteiger partial charge on any atom is 0.156 e. The molecule has 0 aromatic rings. The van der Waals surface area contributed by atoms with Gasteiger partial charge >= 0.3 is 0 Å². The van der Waals surface area contributed by atoms with E-state index in [1.807, 2.05) is 6.08 Å². The highest BCUT2D eigenvalue weighted by Crippen LogP contribution is 2.59. The Morgan fingerprint density at radius 3 is 2.90 bits per heavy atom. The van der Waals surface area contributed by atoms with Crippen molar-refractivity contribution in [2.45, 2.75) is 57.8 Å². The Balaban J connectivity index is 1.74.